The zero-order chi connectivity index (χ0) is 25.2. The van der Waals surface area contributed by atoms with E-state index in [9.17, 15) is 9.59 Å². The molecule has 0 aliphatic carbocycles. The van der Waals surface area contributed by atoms with E-state index in [2.05, 4.69) is 16.0 Å². The quantitative estimate of drug-likeness (QED) is 0.406. The van der Waals surface area contributed by atoms with Crippen LogP contribution in [0, 0.1) is 6.92 Å². The third kappa shape index (κ3) is 4.46. The number of hydrogen-bond acceptors (Lipinski definition) is 4. The highest BCUT2D eigenvalue weighted by Crippen LogP contribution is 2.42. The number of thioether (sulfide) groups is 1. The number of aromatic nitrogens is 1. The molecule has 0 radical (unpaired) electrons. The summed E-state index contributed by atoms with van der Waals surface area (Å²) in [6.07, 6.45) is 0. The normalized spacial score (nSPS) is 15.5. The number of benzene rings is 3. The van der Waals surface area contributed by atoms with E-state index in [1.165, 1.54) is 11.8 Å². The highest BCUT2D eigenvalue weighted by atomic mass is 32.2. The number of rotatable bonds is 6. The van der Waals surface area contributed by atoms with E-state index in [0.29, 0.717) is 18.8 Å². The fourth-order valence-electron chi connectivity index (χ4n) is 4.82. The molecule has 5 rings (SSSR count). The molecular formula is C29H29N3O3S. The average Bonchev–Trinajstić information content (AvgIpc) is 3.09. The number of ether oxygens (including phenoxy) is 1. The van der Waals surface area contributed by atoms with Crippen molar-refractivity contribution in [3.63, 3.8) is 0 Å². The summed E-state index contributed by atoms with van der Waals surface area (Å²) in [7, 11) is 3.62. The summed E-state index contributed by atoms with van der Waals surface area (Å²) in [5.74, 6) is 0.728. The lowest BCUT2D eigenvalue weighted by atomic mass is 10.0. The molecule has 0 fully saturated rings. The molecule has 7 heteroatoms. The number of nitrogens with one attached hydrogen (secondary N) is 1. The van der Waals surface area contributed by atoms with E-state index in [4.69, 9.17) is 4.74 Å². The Balaban J connectivity index is 1.58. The van der Waals surface area contributed by atoms with Gasteiger partial charge in [0.15, 0.2) is 0 Å². The van der Waals surface area contributed by atoms with Crippen molar-refractivity contribution in [2.75, 3.05) is 12.9 Å². The van der Waals surface area contributed by atoms with Crippen molar-refractivity contribution in [3.8, 4) is 5.75 Å². The van der Waals surface area contributed by atoms with Crippen LogP contribution in [0.15, 0.2) is 77.8 Å². The summed E-state index contributed by atoms with van der Waals surface area (Å²) in [4.78, 5) is 29.2. The molecule has 4 aromatic rings. The van der Waals surface area contributed by atoms with Crippen molar-refractivity contribution in [3.05, 3.63) is 95.1 Å². The first kappa shape index (κ1) is 24.0. The van der Waals surface area contributed by atoms with Gasteiger partial charge in [-0.2, -0.15) is 0 Å². The van der Waals surface area contributed by atoms with Gasteiger partial charge < -0.3 is 19.5 Å². The zero-order valence-corrected chi connectivity index (χ0v) is 21.5. The van der Waals surface area contributed by atoms with E-state index in [1.54, 1.807) is 12.0 Å². The van der Waals surface area contributed by atoms with Crippen LogP contribution in [0.5, 0.6) is 5.75 Å². The summed E-state index contributed by atoms with van der Waals surface area (Å²) >= 11 is 1.50. The van der Waals surface area contributed by atoms with Gasteiger partial charge in [-0.15, -0.1) is 0 Å². The van der Waals surface area contributed by atoms with Crippen LogP contribution >= 0.6 is 11.8 Å². The van der Waals surface area contributed by atoms with Crippen LogP contribution in [0.1, 0.15) is 28.3 Å². The minimum Gasteiger partial charge on any atom is -0.496 e. The van der Waals surface area contributed by atoms with Gasteiger partial charge in [-0.25, -0.2) is 0 Å². The molecule has 1 aromatic heterocycles. The smallest absolute Gasteiger partial charge is 0.247 e. The highest BCUT2D eigenvalue weighted by Gasteiger charge is 2.38. The SMILES string of the molecule is COc1ccccc1CNC(=O)C1c2c(n(C)c3ccccc23)SCC(=O)N1Cc1ccc(C)cc1. The number of methoxy groups -OCH3 is 1. The Hall–Kier alpha value is -3.71. The van der Waals surface area contributed by atoms with Gasteiger partial charge in [0.2, 0.25) is 11.8 Å². The third-order valence-corrected chi connectivity index (χ3v) is 7.85. The molecule has 2 heterocycles. The Kier molecular flexibility index (Phi) is 6.74. The largest absolute Gasteiger partial charge is 0.496 e. The van der Waals surface area contributed by atoms with Crippen LogP contribution in [0.4, 0.5) is 0 Å². The van der Waals surface area contributed by atoms with Gasteiger partial charge in [-0.3, -0.25) is 9.59 Å². The zero-order valence-electron chi connectivity index (χ0n) is 20.7. The fraction of sp³-hybridized carbons (Fsp3) is 0.241. The van der Waals surface area contributed by atoms with Gasteiger partial charge in [-0.1, -0.05) is 78.0 Å². The van der Waals surface area contributed by atoms with Crippen LogP contribution in [0.2, 0.25) is 0 Å². The number of aryl methyl sites for hydroxylation is 2. The van der Waals surface area contributed by atoms with Crippen LogP contribution in [0.3, 0.4) is 0 Å². The van der Waals surface area contributed by atoms with Crippen molar-refractivity contribution in [2.24, 2.45) is 7.05 Å². The second-order valence-electron chi connectivity index (χ2n) is 9.02. The maximum absolute atomic E-state index is 14.0. The van der Waals surface area contributed by atoms with Gasteiger partial charge in [0.05, 0.1) is 17.9 Å². The lowest BCUT2D eigenvalue weighted by molar-refractivity contribution is -0.139. The molecule has 3 aromatic carbocycles. The van der Waals surface area contributed by atoms with Crippen LogP contribution in [-0.4, -0.2) is 34.1 Å². The molecule has 1 unspecified atom stereocenters. The Bertz CT molecular complexity index is 1430. The molecule has 1 aliphatic rings. The van der Waals surface area contributed by atoms with Gasteiger partial charge in [-0.05, 0) is 24.6 Å². The van der Waals surface area contributed by atoms with Crippen LogP contribution < -0.4 is 10.1 Å². The predicted octanol–water partition coefficient (Wildman–Crippen LogP) is 4.99. The molecule has 2 amide bonds. The second-order valence-corrected chi connectivity index (χ2v) is 9.99. The van der Waals surface area contributed by atoms with E-state index in [0.717, 1.165) is 38.2 Å². The summed E-state index contributed by atoms with van der Waals surface area (Å²) < 4.78 is 7.56. The molecule has 1 atom stereocenters. The minimum atomic E-state index is -0.760. The summed E-state index contributed by atoms with van der Waals surface area (Å²) in [6.45, 7) is 2.70. The van der Waals surface area contributed by atoms with Gasteiger partial charge in [0, 0.05) is 42.2 Å². The highest BCUT2D eigenvalue weighted by molar-refractivity contribution is 8.00. The van der Waals surface area contributed by atoms with Gasteiger partial charge >= 0.3 is 0 Å². The first-order chi connectivity index (χ1) is 17.5. The van der Waals surface area contributed by atoms with Crippen molar-refractivity contribution >= 4 is 34.5 Å². The lowest BCUT2D eigenvalue weighted by Gasteiger charge is -2.30. The molecule has 0 bridgehead atoms. The molecule has 36 heavy (non-hydrogen) atoms. The van der Waals surface area contributed by atoms with E-state index >= 15 is 0 Å². The molecule has 184 valence electrons. The van der Waals surface area contributed by atoms with Crippen molar-refractivity contribution in [1.82, 2.24) is 14.8 Å². The average molecular weight is 500 g/mol. The fourth-order valence-corrected chi connectivity index (χ4v) is 5.92. The van der Waals surface area contributed by atoms with Crippen molar-refractivity contribution in [1.29, 1.82) is 0 Å². The number of amides is 2. The number of carbonyl (C=O) groups excluding carboxylic acids is 2. The molecular weight excluding hydrogens is 470 g/mol. The molecule has 0 saturated heterocycles. The predicted molar refractivity (Wildman–Crippen MR) is 143 cm³/mol. The maximum atomic E-state index is 14.0. The Morgan fingerprint density at radius 2 is 1.78 bits per heavy atom. The Morgan fingerprint density at radius 1 is 1.06 bits per heavy atom. The number of carbonyl (C=O) groups is 2. The van der Waals surface area contributed by atoms with E-state index in [-0.39, 0.29) is 17.6 Å². The first-order valence-electron chi connectivity index (χ1n) is 11.9. The summed E-state index contributed by atoms with van der Waals surface area (Å²) in [6, 6.07) is 23.0. The number of para-hydroxylation sites is 2. The Morgan fingerprint density at radius 3 is 2.56 bits per heavy atom. The van der Waals surface area contributed by atoms with Crippen LogP contribution in [-0.2, 0) is 29.7 Å². The second kappa shape index (κ2) is 10.1. The summed E-state index contributed by atoms with van der Waals surface area (Å²) in [5.41, 5.74) is 4.95. The third-order valence-electron chi connectivity index (χ3n) is 6.70. The molecule has 0 saturated carbocycles. The topological polar surface area (TPSA) is 63.6 Å². The monoisotopic (exact) mass is 499 g/mol. The Labute approximate surface area is 215 Å². The summed E-state index contributed by atoms with van der Waals surface area (Å²) in [5, 5.41) is 5.04. The first-order valence-corrected chi connectivity index (χ1v) is 12.9. The molecule has 6 nitrogen and oxygen atoms in total. The molecule has 1 aliphatic heterocycles. The van der Waals surface area contributed by atoms with Crippen molar-refractivity contribution in [2.45, 2.75) is 31.1 Å². The number of nitrogens with zero attached hydrogens (tertiary/aromatic N) is 2. The van der Waals surface area contributed by atoms with Crippen molar-refractivity contribution < 1.29 is 14.3 Å². The van der Waals surface area contributed by atoms with E-state index < -0.39 is 6.04 Å². The molecule has 1 N–H and O–H groups in total. The minimum absolute atomic E-state index is 0.0571. The van der Waals surface area contributed by atoms with Gasteiger partial charge in [0.1, 0.15) is 11.8 Å². The van der Waals surface area contributed by atoms with E-state index in [1.807, 2.05) is 80.7 Å². The standard InChI is InChI=1S/C29H29N3O3S/c1-19-12-14-20(15-13-19)17-32-25(33)18-36-29-26(22-9-5-6-10-23(22)31(29)2)27(32)28(34)30-16-21-8-4-7-11-24(21)35-3/h4-15,27H,16-18H2,1-3H3,(H,30,34). The number of fused-ring (bicyclic) bond motifs is 3. The molecule has 0 spiro atoms. The lowest BCUT2D eigenvalue weighted by Crippen LogP contribution is -2.43. The maximum Gasteiger partial charge on any atom is 0.247 e. The van der Waals surface area contributed by atoms with Gasteiger partial charge in [0.25, 0.3) is 0 Å². The van der Waals surface area contributed by atoms with Crippen LogP contribution in [0.25, 0.3) is 10.9 Å². The number of hydrogen-bond donors (Lipinski definition) is 1.